The van der Waals surface area contributed by atoms with Crippen LogP contribution in [0.15, 0.2) is 73.1 Å². The zero-order valence-corrected chi connectivity index (χ0v) is 13.8. The molecule has 0 radical (unpaired) electrons. The smallest absolute Gasteiger partial charge is 0.157 e. The van der Waals surface area contributed by atoms with E-state index in [1.54, 1.807) is 47.3 Å². The molecule has 0 amide bonds. The van der Waals surface area contributed by atoms with Crippen molar-refractivity contribution in [2.75, 3.05) is 5.75 Å². The lowest BCUT2D eigenvalue weighted by Gasteiger charge is -2.12. The average Bonchev–Trinajstić information content (AvgIpc) is 3.10. The minimum Gasteiger partial charge on any atom is -0.387 e. The van der Waals surface area contributed by atoms with Crippen molar-refractivity contribution in [3.8, 4) is 5.69 Å². The third kappa shape index (κ3) is 4.10. The molecule has 0 bridgehead atoms. The first kappa shape index (κ1) is 16.4. The molecule has 0 saturated carbocycles. The lowest BCUT2D eigenvalue weighted by Crippen LogP contribution is -2.16. The maximum atomic E-state index is 12.3. The van der Waals surface area contributed by atoms with Crippen molar-refractivity contribution in [1.29, 1.82) is 0 Å². The van der Waals surface area contributed by atoms with E-state index in [0.29, 0.717) is 11.1 Å². The predicted octanol–water partition coefficient (Wildman–Crippen LogP) is 2.52. The maximum Gasteiger partial charge on any atom is 0.157 e. The molecule has 1 aromatic heterocycles. The van der Waals surface area contributed by atoms with E-state index in [-0.39, 0.29) is 11.5 Å². The molecule has 0 aliphatic carbocycles. The summed E-state index contributed by atoms with van der Waals surface area (Å²) in [7, 11) is -3.42. The number of benzene rings is 2. The molecule has 2 aromatic carbocycles. The van der Waals surface area contributed by atoms with E-state index < -0.39 is 15.9 Å². The summed E-state index contributed by atoms with van der Waals surface area (Å²) in [6, 6.07) is 17.8. The van der Waals surface area contributed by atoms with Crippen molar-refractivity contribution in [1.82, 2.24) is 9.78 Å². The predicted molar refractivity (Wildman–Crippen MR) is 92.5 cm³/mol. The molecule has 1 N–H and O–H groups in total. The molecule has 6 heteroatoms. The van der Waals surface area contributed by atoms with Gasteiger partial charge in [0.25, 0.3) is 0 Å². The van der Waals surface area contributed by atoms with Crippen LogP contribution in [0.25, 0.3) is 5.69 Å². The summed E-state index contributed by atoms with van der Waals surface area (Å²) in [4.78, 5) is 0. The fourth-order valence-corrected chi connectivity index (χ4v) is 3.98. The van der Waals surface area contributed by atoms with Crippen LogP contribution in [0.1, 0.15) is 17.2 Å². The molecule has 24 heavy (non-hydrogen) atoms. The van der Waals surface area contributed by atoms with E-state index >= 15 is 0 Å². The van der Waals surface area contributed by atoms with E-state index in [2.05, 4.69) is 5.10 Å². The molecule has 0 spiro atoms. The zero-order valence-electron chi connectivity index (χ0n) is 13.0. The SMILES string of the molecule is O=S(=O)(Cc1ccc(-n2cccn2)cc1)C[C@@H](O)c1ccccc1. The van der Waals surface area contributed by atoms with Crippen LogP contribution in [0.2, 0.25) is 0 Å². The van der Waals surface area contributed by atoms with E-state index in [1.807, 2.05) is 30.5 Å². The zero-order chi connectivity index (χ0) is 17.0. The Balaban J connectivity index is 1.68. The summed E-state index contributed by atoms with van der Waals surface area (Å²) in [5, 5.41) is 14.2. The normalized spacial score (nSPS) is 12.9. The molecule has 0 saturated heterocycles. The van der Waals surface area contributed by atoms with E-state index in [9.17, 15) is 13.5 Å². The number of nitrogens with zero attached hydrogens (tertiary/aromatic N) is 2. The van der Waals surface area contributed by atoms with Crippen LogP contribution in [0.4, 0.5) is 0 Å². The Bertz CT molecular complexity index is 874. The summed E-state index contributed by atoms with van der Waals surface area (Å²) in [5.74, 6) is -0.395. The van der Waals surface area contributed by atoms with Gasteiger partial charge in [0.1, 0.15) is 0 Å². The van der Waals surface area contributed by atoms with Crippen molar-refractivity contribution in [3.63, 3.8) is 0 Å². The van der Waals surface area contributed by atoms with Crippen molar-refractivity contribution in [3.05, 3.63) is 84.2 Å². The summed E-state index contributed by atoms with van der Waals surface area (Å²) in [6.45, 7) is 0. The Morgan fingerprint density at radius 3 is 2.33 bits per heavy atom. The molecule has 5 nitrogen and oxygen atoms in total. The number of rotatable bonds is 6. The first-order valence-corrected chi connectivity index (χ1v) is 9.38. The van der Waals surface area contributed by atoms with Gasteiger partial charge >= 0.3 is 0 Å². The van der Waals surface area contributed by atoms with Crippen LogP contribution in [-0.2, 0) is 15.6 Å². The number of sulfone groups is 1. The Kier molecular flexibility index (Phi) is 4.78. The van der Waals surface area contributed by atoms with Crippen LogP contribution < -0.4 is 0 Å². The lowest BCUT2D eigenvalue weighted by atomic mass is 10.1. The van der Waals surface area contributed by atoms with Gasteiger partial charge in [0.15, 0.2) is 9.84 Å². The molecule has 1 atom stereocenters. The highest BCUT2D eigenvalue weighted by Crippen LogP contribution is 2.18. The Morgan fingerprint density at radius 2 is 1.71 bits per heavy atom. The van der Waals surface area contributed by atoms with Gasteiger partial charge in [0.05, 0.1) is 23.3 Å². The van der Waals surface area contributed by atoms with Crippen molar-refractivity contribution in [2.45, 2.75) is 11.9 Å². The van der Waals surface area contributed by atoms with Gasteiger partial charge in [-0.1, -0.05) is 42.5 Å². The second-order valence-corrected chi connectivity index (χ2v) is 7.71. The van der Waals surface area contributed by atoms with Crippen molar-refractivity contribution < 1.29 is 13.5 Å². The molecule has 3 aromatic rings. The van der Waals surface area contributed by atoms with Gasteiger partial charge < -0.3 is 5.11 Å². The maximum absolute atomic E-state index is 12.3. The van der Waals surface area contributed by atoms with Gasteiger partial charge in [-0.15, -0.1) is 0 Å². The number of aliphatic hydroxyl groups excluding tert-OH is 1. The van der Waals surface area contributed by atoms with Gasteiger partial charge in [0, 0.05) is 12.4 Å². The van der Waals surface area contributed by atoms with Crippen molar-refractivity contribution in [2.24, 2.45) is 0 Å². The third-order valence-corrected chi connectivity index (χ3v) is 5.28. The van der Waals surface area contributed by atoms with Gasteiger partial charge in [-0.2, -0.15) is 5.10 Å². The minimum absolute atomic E-state index is 0.101. The molecular formula is C18H18N2O3S. The van der Waals surface area contributed by atoms with Gasteiger partial charge in [-0.25, -0.2) is 13.1 Å². The van der Waals surface area contributed by atoms with Crippen LogP contribution >= 0.6 is 0 Å². The molecule has 124 valence electrons. The van der Waals surface area contributed by atoms with Crippen LogP contribution in [0.5, 0.6) is 0 Å². The fraction of sp³-hybridized carbons (Fsp3) is 0.167. The fourth-order valence-electron chi connectivity index (χ4n) is 2.49. The quantitative estimate of drug-likeness (QED) is 0.747. The molecule has 1 heterocycles. The topological polar surface area (TPSA) is 72.2 Å². The molecule has 3 rings (SSSR count). The van der Waals surface area contributed by atoms with Gasteiger partial charge in [-0.3, -0.25) is 0 Å². The van der Waals surface area contributed by atoms with Crippen molar-refractivity contribution >= 4 is 9.84 Å². The largest absolute Gasteiger partial charge is 0.387 e. The average molecular weight is 342 g/mol. The van der Waals surface area contributed by atoms with Crippen LogP contribution in [-0.4, -0.2) is 29.1 Å². The summed E-state index contributed by atoms with van der Waals surface area (Å²) < 4.78 is 26.3. The van der Waals surface area contributed by atoms with E-state index in [0.717, 1.165) is 5.69 Å². The molecule has 0 unspecified atom stereocenters. The first-order chi connectivity index (χ1) is 11.5. The molecule has 0 aliphatic heterocycles. The monoisotopic (exact) mass is 342 g/mol. The number of hydrogen-bond donors (Lipinski definition) is 1. The van der Waals surface area contributed by atoms with E-state index in [4.69, 9.17) is 0 Å². The summed E-state index contributed by atoms with van der Waals surface area (Å²) >= 11 is 0. The second kappa shape index (κ2) is 6.98. The third-order valence-electron chi connectivity index (χ3n) is 3.69. The second-order valence-electron chi connectivity index (χ2n) is 5.60. The van der Waals surface area contributed by atoms with E-state index in [1.165, 1.54) is 0 Å². The molecule has 0 fully saturated rings. The lowest BCUT2D eigenvalue weighted by molar-refractivity contribution is 0.201. The molecular weight excluding hydrogens is 324 g/mol. The highest BCUT2D eigenvalue weighted by Gasteiger charge is 2.19. The Hall–Kier alpha value is -2.44. The standard InChI is InChI=1S/C18H18N2O3S/c21-18(16-5-2-1-3-6-16)14-24(22,23)13-15-7-9-17(10-8-15)20-12-4-11-19-20/h1-12,18,21H,13-14H2/t18-/m1/s1. The van der Waals surface area contributed by atoms with Gasteiger partial charge in [0.2, 0.25) is 0 Å². The highest BCUT2D eigenvalue weighted by atomic mass is 32.2. The van der Waals surface area contributed by atoms with Crippen LogP contribution in [0, 0.1) is 0 Å². The summed E-state index contributed by atoms with van der Waals surface area (Å²) in [5.41, 5.74) is 2.16. The highest BCUT2D eigenvalue weighted by molar-refractivity contribution is 7.90. The first-order valence-electron chi connectivity index (χ1n) is 7.56. The Morgan fingerprint density at radius 1 is 1.00 bits per heavy atom. The number of aliphatic hydroxyl groups is 1. The number of aromatic nitrogens is 2. The minimum atomic E-state index is -3.42. The van der Waals surface area contributed by atoms with Crippen LogP contribution in [0.3, 0.4) is 0 Å². The Labute approximate surface area is 141 Å². The summed E-state index contributed by atoms with van der Waals surface area (Å²) in [6.07, 6.45) is 2.49. The van der Waals surface area contributed by atoms with Gasteiger partial charge in [-0.05, 0) is 29.3 Å². The molecule has 0 aliphatic rings. The number of hydrogen-bond acceptors (Lipinski definition) is 4.